The Hall–Kier alpha value is -3.22. The minimum atomic E-state index is -0.307. The summed E-state index contributed by atoms with van der Waals surface area (Å²) in [6, 6.07) is 5.92. The Morgan fingerprint density at radius 3 is 2.69 bits per heavy atom. The predicted octanol–water partition coefficient (Wildman–Crippen LogP) is 3.25. The van der Waals surface area contributed by atoms with E-state index in [9.17, 15) is 9.18 Å². The zero-order valence-corrected chi connectivity index (χ0v) is 14.7. The molecule has 1 aromatic carbocycles. The summed E-state index contributed by atoms with van der Waals surface area (Å²) in [5.41, 5.74) is 3.56. The van der Waals surface area contributed by atoms with Crippen LogP contribution in [-0.2, 0) is 17.9 Å². The molecular formula is C19H20FN5O. The molecule has 2 heterocycles. The molecule has 2 aromatic heterocycles. The molecule has 7 heteroatoms. The van der Waals surface area contributed by atoms with Crippen molar-refractivity contribution >= 4 is 17.7 Å². The second kappa shape index (κ2) is 7.77. The van der Waals surface area contributed by atoms with E-state index < -0.39 is 0 Å². The average molecular weight is 353 g/mol. The van der Waals surface area contributed by atoms with Crippen molar-refractivity contribution in [2.45, 2.75) is 26.9 Å². The molecule has 134 valence electrons. The first kappa shape index (κ1) is 17.6. The fourth-order valence-corrected chi connectivity index (χ4v) is 2.58. The monoisotopic (exact) mass is 353 g/mol. The third kappa shape index (κ3) is 4.24. The number of benzene rings is 1. The van der Waals surface area contributed by atoms with Gasteiger partial charge in [-0.3, -0.25) is 14.2 Å². The van der Waals surface area contributed by atoms with Crippen LogP contribution >= 0.6 is 0 Å². The molecular weight excluding hydrogens is 333 g/mol. The summed E-state index contributed by atoms with van der Waals surface area (Å²) in [5.74, 6) is -0.581. The van der Waals surface area contributed by atoms with Gasteiger partial charge in [-0.25, -0.2) is 4.39 Å². The van der Waals surface area contributed by atoms with Gasteiger partial charge in [0.2, 0.25) is 5.91 Å². The zero-order valence-electron chi connectivity index (χ0n) is 14.7. The molecule has 0 bridgehead atoms. The Balaban J connectivity index is 1.59. The Kier molecular flexibility index (Phi) is 5.26. The molecule has 0 fully saturated rings. The first-order valence-corrected chi connectivity index (χ1v) is 8.33. The van der Waals surface area contributed by atoms with Crippen LogP contribution in [0, 0.1) is 12.7 Å². The Morgan fingerprint density at radius 2 is 2.00 bits per heavy atom. The third-order valence-corrected chi connectivity index (χ3v) is 4.03. The molecule has 0 aliphatic carbocycles. The van der Waals surface area contributed by atoms with Crippen LogP contribution in [0.15, 0.2) is 48.9 Å². The fourth-order valence-electron chi connectivity index (χ4n) is 2.58. The van der Waals surface area contributed by atoms with Crippen molar-refractivity contribution in [1.29, 1.82) is 0 Å². The van der Waals surface area contributed by atoms with Gasteiger partial charge in [0.1, 0.15) is 5.82 Å². The fraction of sp³-hybridized carbons (Fsp3) is 0.211. The van der Waals surface area contributed by atoms with E-state index in [0.717, 1.165) is 23.4 Å². The van der Waals surface area contributed by atoms with Gasteiger partial charge in [0.25, 0.3) is 0 Å². The number of nitrogens with zero attached hydrogens (tertiary/aromatic N) is 4. The summed E-state index contributed by atoms with van der Waals surface area (Å²) in [6.45, 7) is 5.49. The first-order valence-electron chi connectivity index (χ1n) is 8.33. The number of nitrogens with one attached hydrogen (secondary N) is 1. The third-order valence-electron chi connectivity index (χ3n) is 4.03. The maximum absolute atomic E-state index is 12.9. The van der Waals surface area contributed by atoms with E-state index in [1.54, 1.807) is 35.3 Å². The number of carbonyl (C=O) groups excluding carboxylic acids is 1. The number of aromatic nitrogens is 4. The molecule has 6 nitrogen and oxygen atoms in total. The van der Waals surface area contributed by atoms with Crippen LogP contribution in [0.1, 0.15) is 23.7 Å². The molecule has 0 aliphatic rings. The summed E-state index contributed by atoms with van der Waals surface area (Å²) in [5, 5.41) is 11.3. The lowest BCUT2D eigenvalue weighted by atomic mass is 10.2. The van der Waals surface area contributed by atoms with Gasteiger partial charge in [-0.15, -0.1) is 0 Å². The molecule has 1 N–H and O–H groups in total. The lowest BCUT2D eigenvalue weighted by molar-refractivity contribution is -0.111. The molecule has 3 rings (SSSR count). The van der Waals surface area contributed by atoms with Crippen LogP contribution < -0.4 is 5.32 Å². The largest absolute Gasteiger partial charge is 0.320 e. The molecule has 3 aromatic rings. The summed E-state index contributed by atoms with van der Waals surface area (Å²) >= 11 is 0. The number of halogens is 1. The average Bonchev–Trinajstić information content (AvgIpc) is 3.21. The van der Waals surface area contributed by atoms with E-state index in [4.69, 9.17) is 0 Å². The maximum Gasteiger partial charge on any atom is 0.248 e. The highest BCUT2D eigenvalue weighted by molar-refractivity contribution is 6.01. The number of aryl methyl sites for hydroxylation is 1. The molecule has 0 unspecified atom stereocenters. The first-order chi connectivity index (χ1) is 12.5. The van der Waals surface area contributed by atoms with Crippen LogP contribution in [0.2, 0.25) is 0 Å². The van der Waals surface area contributed by atoms with E-state index >= 15 is 0 Å². The zero-order chi connectivity index (χ0) is 18.5. The normalized spacial score (nSPS) is 11.2. The van der Waals surface area contributed by atoms with Gasteiger partial charge in [0.15, 0.2) is 0 Å². The number of carbonyl (C=O) groups is 1. The van der Waals surface area contributed by atoms with Crippen LogP contribution in [0.3, 0.4) is 0 Å². The summed E-state index contributed by atoms with van der Waals surface area (Å²) in [6.07, 6.45) is 8.24. The van der Waals surface area contributed by atoms with Crippen molar-refractivity contribution in [3.63, 3.8) is 0 Å². The van der Waals surface area contributed by atoms with Crippen molar-refractivity contribution in [3.8, 4) is 0 Å². The van der Waals surface area contributed by atoms with Crippen LogP contribution in [0.25, 0.3) is 6.08 Å². The molecule has 0 aliphatic heterocycles. The van der Waals surface area contributed by atoms with Gasteiger partial charge in [-0.1, -0.05) is 12.1 Å². The van der Waals surface area contributed by atoms with Crippen LogP contribution in [-0.4, -0.2) is 25.5 Å². The molecule has 0 radical (unpaired) electrons. The van der Waals surface area contributed by atoms with Gasteiger partial charge in [-0.05, 0) is 37.6 Å². The van der Waals surface area contributed by atoms with Gasteiger partial charge >= 0.3 is 0 Å². The highest BCUT2D eigenvalue weighted by Crippen LogP contribution is 2.12. The van der Waals surface area contributed by atoms with Crippen molar-refractivity contribution in [1.82, 2.24) is 19.6 Å². The molecule has 0 spiro atoms. The second-order valence-electron chi connectivity index (χ2n) is 5.87. The highest BCUT2D eigenvalue weighted by atomic mass is 19.1. The van der Waals surface area contributed by atoms with E-state index in [2.05, 4.69) is 15.5 Å². The van der Waals surface area contributed by atoms with Crippen LogP contribution in [0.4, 0.5) is 10.1 Å². The number of amides is 1. The van der Waals surface area contributed by atoms with Crippen molar-refractivity contribution in [2.75, 3.05) is 5.32 Å². The molecule has 0 saturated carbocycles. The van der Waals surface area contributed by atoms with E-state index in [1.807, 2.05) is 24.7 Å². The number of anilines is 1. The standard InChI is InChI=1S/C19H20FN5O/c1-3-25-14(2)16(10-22-25)12-24-13-18(11-21-24)23-19(26)9-6-15-4-7-17(20)8-5-15/h4-11,13H,3,12H2,1-2H3,(H,23,26)/b9-6+. The SMILES string of the molecule is CCn1ncc(Cn2cc(NC(=O)/C=C/c3ccc(F)cc3)cn2)c1C. The van der Waals surface area contributed by atoms with Gasteiger partial charge in [-0.2, -0.15) is 10.2 Å². The Bertz CT molecular complexity index is 924. The van der Waals surface area contributed by atoms with E-state index in [0.29, 0.717) is 12.2 Å². The minimum absolute atomic E-state index is 0.274. The van der Waals surface area contributed by atoms with Crippen molar-refractivity contribution < 1.29 is 9.18 Å². The molecule has 0 atom stereocenters. The second-order valence-corrected chi connectivity index (χ2v) is 5.87. The summed E-state index contributed by atoms with van der Waals surface area (Å²) in [4.78, 5) is 12.0. The number of rotatable bonds is 6. The van der Waals surface area contributed by atoms with E-state index in [-0.39, 0.29) is 11.7 Å². The number of hydrogen-bond donors (Lipinski definition) is 1. The lowest BCUT2D eigenvalue weighted by Gasteiger charge is -2.02. The predicted molar refractivity (Wildman–Crippen MR) is 98.0 cm³/mol. The summed E-state index contributed by atoms with van der Waals surface area (Å²) in [7, 11) is 0. The highest BCUT2D eigenvalue weighted by Gasteiger charge is 2.07. The van der Waals surface area contributed by atoms with Gasteiger partial charge in [0, 0.05) is 30.1 Å². The Morgan fingerprint density at radius 1 is 1.23 bits per heavy atom. The lowest BCUT2D eigenvalue weighted by Crippen LogP contribution is -2.07. The van der Waals surface area contributed by atoms with Crippen molar-refractivity contribution in [3.05, 3.63) is 71.6 Å². The molecule has 0 saturated heterocycles. The topological polar surface area (TPSA) is 64.7 Å². The molecule has 1 amide bonds. The number of hydrogen-bond acceptors (Lipinski definition) is 3. The van der Waals surface area contributed by atoms with Crippen molar-refractivity contribution in [2.24, 2.45) is 0 Å². The van der Waals surface area contributed by atoms with E-state index in [1.165, 1.54) is 18.2 Å². The molecule has 26 heavy (non-hydrogen) atoms. The van der Waals surface area contributed by atoms with Gasteiger partial charge < -0.3 is 5.32 Å². The smallest absolute Gasteiger partial charge is 0.248 e. The minimum Gasteiger partial charge on any atom is -0.320 e. The summed E-state index contributed by atoms with van der Waals surface area (Å²) < 4.78 is 16.5. The quantitative estimate of drug-likeness (QED) is 0.692. The Labute approximate surface area is 151 Å². The van der Waals surface area contributed by atoms with Crippen LogP contribution in [0.5, 0.6) is 0 Å². The van der Waals surface area contributed by atoms with Gasteiger partial charge in [0.05, 0.1) is 24.6 Å². The maximum atomic E-state index is 12.9.